The van der Waals surface area contributed by atoms with Gasteiger partial charge in [0.25, 0.3) is 0 Å². The standard InChI is InChI=1S/C22H26FN3O/c1-4-6-9-16(5-2)22(27)25-21-20(17-10-7-8-11-18(17)23)24-19-13-12-15(3)14-26(19)21/h7-8,10-14,16H,4-6,9H2,1-3H3,(H,25,27)/t16-/m0/s1. The highest BCUT2D eigenvalue weighted by Crippen LogP contribution is 2.31. The van der Waals surface area contributed by atoms with Crippen LogP contribution in [0.3, 0.4) is 0 Å². The molecular weight excluding hydrogens is 341 g/mol. The summed E-state index contributed by atoms with van der Waals surface area (Å²) >= 11 is 0. The molecule has 5 heteroatoms. The zero-order valence-electron chi connectivity index (χ0n) is 16.1. The van der Waals surface area contributed by atoms with Crippen molar-refractivity contribution in [3.8, 4) is 11.3 Å². The Morgan fingerprint density at radius 1 is 1.22 bits per heavy atom. The van der Waals surface area contributed by atoms with Gasteiger partial charge in [-0.15, -0.1) is 0 Å². The third-order valence-corrected chi connectivity index (χ3v) is 4.91. The number of carbonyl (C=O) groups excluding carboxylic acids is 1. The van der Waals surface area contributed by atoms with E-state index < -0.39 is 0 Å². The van der Waals surface area contributed by atoms with Crippen LogP contribution in [0.2, 0.25) is 0 Å². The maximum atomic E-state index is 14.4. The van der Waals surface area contributed by atoms with Crippen LogP contribution < -0.4 is 5.32 Å². The second-order valence-electron chi connectivity index (χ2n) is 6.96. The van der Waals surface area contributed by atoms with E-state index >= 15 is 0 Å². The molecule has 0 bridgehead atoms. The maximum absolute atomic E-state index is 14.4. The number of aromatic nitrogens is 2. The molecule has 0 saturated heterocycles. The first-order valence-electron chi connectivity index (χ1n) is 9.59. The maximum Gasteiger partial charge on any atom is 0.228 e. The highest BCUT2D eigenvalue weighted by Gasteiger charge is 2.22. The van der Waals surface area contributed by atoms with Crippen molar-refractivity contribution in [3.63, 3.8) is 0 Å². The molecule has 1 atom stereocenters. The number of rotatable bonds is 7. The number of hydrogen-bond acceptors (Lipinski definition) is 2. The fraction of sp³-hybridized carbons (Fsp3) is 0.364. The SMILES string of the molecule is CCCC[C@H](CC)C(=O)Nc1c(-c2ccccc2F)nc2ccc(C)cn12. The van der Waals surface area contributed by atoms with E-state index in [0.29, 0.717) is 22.7 Å². The first kappa shape index (κ1) is 19.1. The van der Waals surface area contributed by atoms with Crippen LogP contribution in [0.4, 0.5) is 10.2 Å². The number of nitrogens with one attached hydrogen (secondary N) is 1. The predicted octanol–water partition coefficient (Wildman–Crippen LogP) is 5.60. The fourth-order valence-electron chi connectivity index (χ4n) is 3.30. The summed E-state index contributed by atoms with van der Waals surface area (Å²) in [5, 5.41) is 3.04. The molecule has 0 saturated carbocycles. The van der Waals surface area contributed by atoms with Gasteiger partial charge in [-0.3, -0.25) is 9.20 Å². The van der Waals surface area contributed by atoms with Crippen molar-refractivity contribution in [2.45, 2.75) is 46.5 Å². The third kappa shape index (κ3) is 4.02. The summed E-state index contributed by atoms with van der Waals surface area (Å²) in [6, 6.07) is 10.4. The van der Waals surface area contributed by atoms with Gasteiger partial charge in [0.15, 0.2) is 0 Å². The molecule has 1 amide bonds. The van der Waals surface area contributed by atoms with Gasteiger partial charge in [-0.25, -0.2) is 9.37 Å². The number of anilines is 1. The first-order chi connectivity index (χ1) is 13.0. The van der Waals surface area contributed by atoms with Crippen LogP contribution in [0.1, 0.15) is 45.1 Å². The average molecular weight is 367 g/mol. The van der Waals surface area contributed by atoms with Crippen molar-refractivity contribution in [3.05, 3.63) is 54.0 Å². The van der Waals surface area contributed by atoms with Gasteiger partial charge in [0.2, 0.25) is 5.91 Å². The van der Waals surface area contributed by atoms with E-state index in [1.807, 2.05) is 36.6 Å². The van der Waals surface area contributed by atoms with E-state index in [9.17, 15) is 9.18 Å². The average Bonchev–Trinajstić information content (AvgIpc) is 3.00. The van der Waals surface area contributed by atoms with Crippen molar-refractivity contribution in [1.29, 1.82) is 0 Å². The minimum atomic E-state index is -0.355. The number of benzene rings is 1. The van der Waals surface area contributed by atoms with E-state index in [4.69, 9.17) is 0 Å². The Morgan fingerprint density at radius 2 is 2.00 bits per heavy atom. The van der Waals surface area contributed by atoms with Crippen LogP contribution in [0.5, 0.6) is 0 Å². The van der Waals surface area contributed by atoms with Crippen LogP contribution in [-0.2, 0) is 4.79 Å². The largest absolute Gasteiger partial charge is 0.310 e. The van der Waals surface area contributed by atoms with Crippen molar-refractivity contribution in [1.82, 2.24) is 9.38 Å². The summed E-state index contributed by atoms with van der Waals surface area (Å²) in [6.45, 7) is 6.12. The zero-order chi connectivity index (χ0) is 19.4. The molecule has 0 aliphatic rings. The Morgan fingerprint density at radius 3 is 2.70 bits per heavy atom. The van der Waals surface area contributed by atoms with Crippen LogP contribution in [0, 0.1) is 18.7 Å². The number of hydrogen-bond donors (Lipinski definition) is 1. The van der Waals surface area contributed by atoms with E-state index in [1.54, 1.807) is 18.2 Å². The van der Waals surface area contributed by atoms with Crippen molar-refractivity contribution in [2.24, 2.45) is 5.92 Å². The van der Waals surface area contributed by atoms with Crippen LogP contribution in [-0.4, -0.2) is 15.3 Å². The smallest absolute Gasteiger partial charge is 0.228 e. The van der Waals surface area contributed by atoms with Gasteiger partial charge in [0.1, 0.15) is 23.0 Å². The van der Waals surface area contributed by atoms with E-state index in [0.717, 1.165) is 31.2 Å². The normalized spacial score (nSPS) is 12.3. The monoisotopic (exact) mass is 367 g/mol. The molecule has 1 aromatic carbocycles. The van der Waals surface area contributed by atoms with Gasteiger partial charge in [-0.05, 0) is 43.5 Å². The Bertz CT molecular complexity index is 948. The lowest BCUT2D eigenvalue weighted by atomic mass is 9.98. The summed E-state index contributed by atoms with van der Waals surface area (Å²) in [6.07, 6.45) is 5.60. The molecule has 0 spiro atoms. The van der Waals surface area contributed by atoms with Gasteiger partial charge < -0.3 is 5.32 Å². The third-order valence-electron chi connectivity index (χ3n) is 4.91. The van der Waals surface area contributed by atoms with Crippen LogP contribution in [0.25, 0.3) is 16.9 Å². The molecule has 0 aliphatic heterocycles. The molecule has 27 heavy (non-hydrogen) atoms. The number of aryl methyl sites for hydroxylation is 1. The molecule has 0 aliphatic carbocycles. The Labute approximate surface area is 159 Å². The number of halogens is 1. The molecule has 2 aromatic heterocycles. The van der Waals surface area contributed by atoms with Gasteiger partial charge >= 0.3 is 0 Å². The van der Waals surface area contributed by atoms with Gasteiger partial charge in [-0.1, -0.05) is 44.9 Å². The Hall–Kier alpha value is -2.69. The first-order valence-corrected chi connectivity index (χ1v) is 9.59. The molecule has 4 nitrogen and oxygen atoms in total. The number of unbranched alkanes of at least 4 members (excludes halogenated alkanes) is 1. The van der Waals surface area contributed by atoms with Crippen molar-refractivity contribution < 1.29 is 9.18 Å². The molecule has 0 unspecified atom stereocenters. The summed E-state index contributed by atoms with van der Waals surface area (Å²) in [7, 11) is 0. The predicted molar refractivity (Wildman–Crippen MR) is 107 cm³/mol. The van der Waals surface area contributed by atoms with E-state index in [2.05, 4.69) is 17.2 Å². The number of amides is 1. The zero-order valence-corrected chi connectivity index (χ0v) is 16.1. The molecule has 1 N–H and O–H groups in total. The van der Waals surface area contributed by atoms with Gasteiger partial charge in [0.05, 0.1) is 0 Å². The molecule has 0 radical (unpaired) electrons. The minimum Gasteiger partial charge on any atom is -0.310 e. The highest BCUT2D eigenvalue weighted by molar-refractivity contribution is 5.96. The van der Waals surface area contributed by atoms with Crippen molar-refractivity contribution in [2.75, 3.05) is 5.32 Å². The lowest BCUT2D eigenvalue weighted by Gasteiger charge is -2.15. The lowest BCUT2D eigenvalue weighted by Crippen LogP contribution is -2.23. The Balaban J connectivity index is 2.07. The summed E-state index contributed by atoms with van der Waals surface area (Å²) in [5.41, 5.74) is 2.55. The molecule has 3 aromatic rings. The van der Waals surface area contributed by atoms with Crippen LogP contribution >= 0.6 is 0 Å². The summed E-state index contributed by atoms with van der Waals surface area (Å²) in [4.78, 5) is 17.5. The second kappa shape index (κ2) is 8.33. The highest BCUT2D eigenvalue weighted by atomic mass is 19.1. The number of nitrogens with zero attached hydrogens (tertiary/aromatic N) is 2. The molecular formula is C22H26FN3O. The van der Waals surface area contributed by atoms with E-state index in [-0.39, 0.29) is 17.6 Å². The lowest BCUT2D eigenvalue weighted by molar-refractivity contribution is -0.120. The van der Waals surface area contributed by atoms with E-state index in [1.165, 1.54) is 6.07 Å². The van der Waals surface area contributed by atoms with Crippen molar-refractivity contribution >= 4 is 17.4 Å². The van der Waals surface area contributed by atoms with Gasteiger partial charge in [0, 0.05) is 17.7 Å². The summed E-state index contributed by atoms with van der Waals surface area (Å²) in [5.74, 6) is 0.0746. The molecule has 3 rings (SSSR count). The molecule has 2 heterocycles. The number of carbonyl (C=O) groups is 1. The number of fused-ring (bicyclic) bond motifs is 1. The quantitative estimate of drug-likeness (QED) is 0.590. The van der Waals surface area contributed by atoms with Crippen LogP contribution in [0.15, 0.2) is 42.6 Å². The topological polar surface area (TPSA) is 46.4 Å². The van der Waals surface area contributed by atoms with Gasteiger partial charge in [-0.2, -0.15) is 0 Å². The Kier molecular flexibility index (Phi) is 5.89. The summed E-state index contributed by atoms with van der Waals surface area (Å²) < 4.78 is 16.3. The number of pyridine rings is 1. The fourth-order valence-corrected chi connectivity index (χ4v) is 3.30. The molecule has 0 fully saturated rings. The minimum absolute atomic E-state index is 0.0353. The second-order valence-corrected chi connectivity index (χ2v) is 6.96. The molecule has 142 valence electrons. The number of imidazole rings is 1.